The summed E-state index contributed by atoms with van der Waals surface area (Å²) in [5.74, 6) is 0. The van der Waals surface area contributed by atoms with E-state index in [0.717, 1.165) is 31.1 Å². The smallest absolute Gasteiger partial charge is 0.208 e. The van der Waals surface area contributed by atoms with Crippen LogP contribution in [0.2, 0.25) is 0 Å². The van der Waals surface area contributed by atoms with E-state index in [-0.39, 0.29) is 0 Å². The van der Waals surface area contributed by atoms with Gasteiger partial charge in [0.05, 0.1) is 5.52 Å². The van der Waals surface area contributed by atoms with E-state index in [4.69, 9.17) is 5.73 Å². The van der Waals surface area contributed by atoms with Crippen LogP contribution in [0, 0.1) is 0 Å². The number of nitrogen functional groups attached to an aromatic ring is 1. The van der Waals surface area contributed by atoms with E-state index >= 15 is 0 Å². The quantitative estimate of drug-likeness (QED) is 0.750. The van der Waals surface area contributed by atoms with E-state index < -0.39 is 0 Å². The van der Waals surface area contributed by atoms with E-state index in [1.807, 2.05) is 49.3 Å². The van der Waals surface area contributed by atoms with Gasteiger partial charge in [0.25, 0.3) is 0 Å². The van der Waals surface area contributed by atoms with Crippen LogP contribution < -0.4 is 10.6 Å². The molecule has 2 heterocycles. The summed E-state index contributed by atoms with van der Waals surface area (Å²) in [5, 5.41) is 11.1. The van der Waals surface area contributed by atoms with Gasteiger partial charge in [0.15, 0.2) is 4.34 Å². The van der Waals surface area contributed by atoms with Crippen LogP contribution in [0.3, 0.4) is 0 Å². The Morgan fingerprint density at radius 1 is 1.15 bits per heavy atom. The molecule has 0 aliphatic carbocycles. The Hall–Kier alpha value is -1.86. The molecule has 102 valence electrons. The number of fused-ring (bicyclic) bond motifs is 1. The van der Waals surface area contributed by atoms with Crippen molar-refractivity contribution in [2.45, 2.75) is 9.37 Å². The zero-order valence-electron chi connectivity index (χ0n) is 11.1. The normalized spacial score (nSPS) is 10.9. The molecule has 0 saturated carbocycles. The zero-order valence-corrected chi connectivity index (χ0v) is 12.7. The van der Waals surface area contributed by atoms with E-state index in [9.17, 15) is 0 Å². The van der Waals surface area contributed by atoms with Crippen LogP contribution in [0.15, 0.2) is 39.7 Å². The molecule has 0 aliphatic heterocycles. The summed E-state index contributed by atoms with van der Waals surface area (Å²) in [5.41, 5.74) is 7.44. The maximum absolute atomic E-state index is 5.76. The van der Waals surface area contributed by atoms with E-state index in [1.54, 1.807) is 11.3 Å². The van der Waals surface area contributed by atoms with Crippen molar-refractivity contribution in [2.24, 2.45) is 0 Å². The van der Waals surface area contributed by atoms with Gasteiger partial charge in [-0.1, -0.05) is 17.4 Å². The lowest BCUT2D eigenvalue weighted by molar-refractivity contribution is 0.971. The molecule has 3 rings (SSSR count). The fourth-order valence-corrected chi connectivity index (χ4v) is 3.39. The summed E-state index contributed by atoms with van der Waals surface area (Å²) < 4.78 is 0.885. The summed E-state index contributed by atoms with van der Waals surface area (Å²) in [4.78, 5) is 6.54. The van der Waals surface area contributed by atoms with Crippen LogP contribution in [-0.4, -0.2) is 29.3 Å². The molecule has 0 amide bonds. The summed E-state index contributed by atoms with van der Waals surface area (Å²) in [6.07, 6.45) is 0. The molecule has 0 unspecified atom stereocenters. The molecular formula is C13H13N5S2. The SMILES string of the molecule is CN(C)c1nnc(Sc2ccc3cc(N)ccc3n2)s1. The van der Waals surface area contributed by atoms with Gasteiger partial charge in [0, 0.05) is 25.2 Å². The molecule has 5 nitrogen and oxygen atoms in total. The summed E-state index contributed by atoms with van der Waals surface area (Å²) in [6.45, 7) is 0. The average molecular weight is 303 g/mol. The Morgan fingerprint density at radius 3 is 2.75 bits per heavy atom. The Morgan fingerprint density at radius 2 is 2.00 bits per heavy atom. The van der Waals surface area contributed by atoms with E-state index in [1.165, 1.54) is 11.8 Å². The third kappa shape index (κ3) is 2.68. The molecule has 7 heteroatoms. The lowest BCUT2D eigenvalue weighted by atomic mass is 10.2. The second-order valence-corrected chi connectivity index (χ2v) is 6.67. The first-order valence-electron chi connectivity index (χ1n) is 5.97. The van der Waals surface area contributed by atoms with Crippen LogP contribution in [0.25, 0.3) is 10.9 Å². The summed E-state index contributed by atoms with van der Waals surface area (Å²) >= 11 is 3.07. The van der Waals surface area contributed by atoms with Gasteiger partial charge in [-0.15, -0.1) is 10.2 Å². The number of nitrogens with zero attached hydrogens (tertiary/aromatic N) is 4. The minimum Gasteiger partial charge on any atom is -0.399 e. The van der Waals surface area contributed by atoms with Crippen molar-refractivity contribution < 1.29 is 0 Å². The fraction of sp³-hybridized carbons (Fsp3) is 0.154. The molecule has 0 fully saturated rings. The topological polar surface area (TPSA) is 67.9 Å². The first-order chi connectivity index (χ1) is 9.61. The molecule has 0 saturated heterocycles. The molecule has 3 aromatic rings. The highest BCUT2D eigenvalue weighted by molar-refractivity contribution is 8.01. The highest BCUT2D eigenvalue weighted by atomic mass is 32.2. The standard InChI is InChI=1S/C13H13N5S2/c1-18(2)12-16-17-13(20-12)19-11-6-3-8-7-9(14)4-5-10(8)15-11/h3-7H,14H2,1-2H3. The first kappa shape index (κ1) is 13.1. The number of rotatable bonds is 3. The Bertz CT molecular complexity index is 753. The van der Waals surface area contributed by atoms with Crippen LogP contribution in [-0.2, 0) is 0 Å². The Kier molecular flexibility index (Phi) is 3.45. The molecule has 1 aromatic carbocycles. The van der Waals surface area contributed by atoms with Gasteiger partial charge in [0.1, 0.15) is 5.03 Å². The monoisotopic (exact) mass is 303 g/mol. The molecule has 0 aliphatic rings. The van der Waals surface area contributed by atoms with Gasteiger partial charge in [-0.3, -0.25) is 0 Å². The largest absolute Gasteiger partial charge is 0.399 e. The predicted molar refractivity (Wildman–Crippen MR) is 84.5 cm³/mol. The van der Waals surface area contributed by atoms with Crippen molar-refractivity contribution in [3.8, 4) is 0 Å². The first-order valence-corrected chi connectivity index (χ1v) is 7.60. The average Bonchev–Trinajstić information content (AvgIpc) is 2.88. The summed E-state index contributed by atoms with van der Waals surface area (Å²) in [7, 11) is 3.90. The second kappa shape index (κ2) is 5.26. The number of hydrogen-bond acceptors (Lipinski definition) is 7. The van der Waals surface area contributed by atoms with Gasteiger partial charge in [-0.25, -0.2) is 4.98 Å². The van der Waals surface area contributed by atoms with Gasteiger partial charge < -0.3 is 10.6 Å². The van der Waals surface area contributed by atoms with Crippen molar-refractivity contribution in [1.82, 2.24) is 15.2 Å². The molecule has 0 spiro atoms. The van der Waals surface area contributed by atoms with E-state index in [0.29, 0.717) is 0 Å². The number of hydrogen-bond donors (Lipinski definition) is 1. The van der Waals surface area contributed by atoms with Crippen molar-refractivity contribution in [1.29, 1.82) is 0 Å². The third-order valence-electron chi connectivity index (χ3n) is 2.66. The van der Waals surface area contributed by atoms with Gasteiger partial charge in [0.2, 0.25) is 5.13 Å². The van der Waals surface area contributed by atoms with Crippen LogP contribution in [0.5, 0.6) is 0 Å². The van der Waals surface area contributed by atoms with Crippen LogP contribution >= 0.6 is 23.1 Å². The minimum atomic E-state index is 0.749. The fourth-order valence-electron chi connectivity index (χ4n) is 1.70. The lowest BCUT2D eigenvalue weighted by Crippen LogP contribution is -2.07. The van der Waals surface area contributed by atoms with Crippen molar-refractivity contribution >= 4 is 44.8 Å². The number of nitrogens with two attached hydrogens (primary N) is 1. The minimum absolute atomic E-state index is 0.749. The molecule has 20 heavy (non-hydrogen) atoms. The van der Waals surface area contributed by atoms with Gasteiger partial charge in [-0.2, -0.15) is 0 Å². The van der Waals surface area contributed by atoms with Gasteiger partial charge in [-0.05, 0) is 36.0 Å². The van der Waals surface area contributed by atoms with Crippen molar-refractivity contribution in [3.63, 3.8) is 0 Å². The molecule has 2 aromatic heterocycles. The summed E-state index contributed by atoms with van der Waals surface area (Å²) in [6, 6.07) is 9.71. The molecule has 0 radical (unpaired) electrons. The second-order valence-electron chi connectivity index (χ2n) is 4.45. The van der Waals surface area contributed by atoms with Crippen molar-refractivity contribution in [3.05, 3.63) is 30.3 Å². The number of benzene rings is 1. The molecular weight excluding hydrogens is 290 g/mol. The third-order valence-corrected chi connectivity index (χ3v) is 4.74. The highest BCUT2D eigenvalue weighted by Crippen LogP contribution is 2.32. The number of pyridine rings is 1. The Balaban J connectivity index is 1.88. The zero-order chi connectivity index (χ0) is 14.1. The lowest BCUT2D eigenvalue weighted by Gasteiger charge is -2.04. The predicted octanol–water partition coefficient (Wildman–Crippen LogP) is 2.89. The van der Waals surface area contributed by atoms with Gasteiger partial charge >= 0.3 is 0 Å². The molecule has 2 N–H and O–H groups in total. The highest BCUT2D eigenvalue weighted by Gasteiger charge is 2.08. The number of aromatic nitrogens is 3. The number of anilines is 2. The molecule has 0 atom stereocenters. The van der Waals surface area contributed by atoms with Crippen LogP contribution in [0.4, 0.5) is 10.8 Å². The maximum atomic E-state index is 5.76. The molecule has 0 bridgehead atoms. The maximum Gasteiger partial charge on any atom is 0.208 e. The van der Waals surface area contributed by atoms with Crippen LogP contribution in [0.1, 0.15) is 0 Å². The van der Waals surface area contributed by atoms with Crippen molar-refractivity contribution in [2.75, 3.05) is 24.7 Å². The Labute approximate surface area is 124 Å². The van der Waals surface area contributed by atoms with E-state index in [2.05, 4.69) is 15.2 Å².